The number of hydrogen-bond acceptors (Lipinski definition) is 4. The molecule has 2 heterocycles. The number of benzene rings is 2. The number of carbonyl (C=O) groups is 1. The van der Waals surface area contributed by atoms with Crippen LogP contribution < -0.4 is 10.9 Å². The summed E-state index contributed by atoms with van der Waals surface area (Å²) in [5, 5.41) is 8.70. The molecule has 0 atom stereocenters. The van der Waals surface area contributed by atoms with Crippen molar-refractivity contribution in [2.75, 3.05) is 5.32 Å². The van der Waals surface area contributed by atoms with Crippen LogP contribution in [0.2, 0.25) is 0 Å². The van der Waals surface area contributed by atoms with Gasteiger partial charge in [0.2, 0.25) is 5.91 Å². The highest BCUT2D eigenvalue weighted by atomic mass is 16.2. The summed E-state index contributed by atoms with van der Waals surface area (Å²) in [6.07, 6.45) is 4.01. The van der Waals surface area contributed by atoms with Crippen LogP contribution in [0.5, 0.6) is 0 Å². The van der Waals surface area contributed by atoms with Crippen molar-refractivity contribution in [1.29, 1.82) is 0 Å². The number of hydrogen-bond donors (Lipinski definition) is 1. The SMILES string of the molecule is Cc1ccccc1NC(=O)Cn1nc(Cc2cccnc2)c2ccccc2c1=O. The molecule has 0 aliphatic rings. The Morgan fingerprint density at radius 1 is 1.00 bits per heavy atom. The average molecular weight is 384 g/mol. The monoisotopic (exact) mass is 384 g/mol. The number of rotatable bonds is 5. The van der Waals surface area contributed by atoms with Gasteiger partial charge in [-0.1, -0.05) is 42.5 Å². The number of aryl methyl sites for hydroxylation is 1. The summed E-state index contributed by atoms with van der Waals surface area (Å²) in [6.45, 7) is 1.76. The summed E-state index contributed by atoms with van der Waals surface area (Å²) in [4.78, 5) is 29.6. The van der Waals surface area contributed by atoms with Crippen molar-refractivity contribution in [3.05, 3.63) is 100 Å². The van der Waals surface area contributed by atoms with Crippen LogP contribution in [0.3, 0.4) is 0 Å². The first-order chi connectivity index (χ1) is 14.1. The van der Waals surface area contributed by atoms with Crippen LogP contribution in [-0.2, 0) is 17.8 Å². The Balaban J connectivity index is 1.69. The number of nitrogens with zero attached hydrogens (tertiary/aromatic N) is 3. The molecule has 0 spiro atoms. The van der Waals surface area contributed by atoms with E-state index in [1.165, 1.54) is 4.68 Å². The predicted molar refractivity (Wildman–Crippen MR) is 113 cm³/mol. The quantitative estimate of drug-likeness (QED) is 0.573. The first kappa shape index (κ1) is 18.6. The maximum Gasteiger partial charge on any atom is 0.275 e. The van der Waals surface area contributed by atoms with Gasteiger partial charge in [0.1, 0.15) is 6.54 Å². The Hall–Kier alpha value is -3.80. The fraction of sp³-hybridized carbons (Fsp3) is 0.130. The third-order valence-corrected chi connectivity index (χ3v) is 4.75. The molecule has 0 fully saturated rings. The molecular formula is C23H20N4O2. The van der Waals surface area contributed by atoms with Crippen LogP contribution in [0.4, 0.5) is 5.69 Å². The molecule has 0 aliphatic heterocycles. The summed E-state index contributed by atoms with van der Waals surface area (Å²) in [7, 11) is 0. The van der Waals surface area contributed by atoms with Crippen molar-refractivity contribution >= 4 is 22.4 Å². The molecule has 6 nitrogen and oxygen atoms in total. The molecule has 1 amide bonds. The molecule has 4 aromatic rings. The van der Waals surface area contributed by atoms with E-state index in [1.54, 1.807) is 18.5 Å². The van der Waals surface area contributed by atoms with E-state index in [0.717, 1.165) is 27.9 Å². The van der Waals surface area contributed by atoms with Crippen molar-refractivity contribution in [2.24, 2.45) is 0 Å². The van der Waals surface area contributed by atoms with E-state index in [-0.39, 0.29) is 18.0 Å². The second-order valence-corrected chi connectivity index (χ2v) is 6.86. The highest BCUT2D eigenvalue weighted by molar-refractivity contribution is 5.91. The van der Waals surface area contributed by atoms with Crippen LogP contribution >= 0.6 is 0 Å². The highest BCUT2D eigenvalue weighted by Crippen LogP contribution is 2.17. The van der Waals surface area contributed by atoms with Gasteiger partial charge >= 0.3 is 0 Å². The zero-order chi connectivity index (χ0) is 20.2. The number of fused-ring (bicyclic) bond motifs is 1. The lowest BCUT2D eigenvalue weighted by atomic mass is 10.1. The van der Waals surface area contributed by atoms with Gasteiger partial charge in [0, 0.05) is 29.9 Å². The molecule has 2 aromatic heterocycles. The Kier molecular flexibility index (Phi) is 5.16. The van der Waals surface area contributed by atoms with E-state index in [4.69, 9.17) is 0 Å². The Bertz CT molecular complexity index is 1230. The van der Waals surface area contributed by atoms with Gasteiger partial charge < -0.3 is 5.32 Å². The molecule has 144 valence electrons. The van der Waals surface area contributed by atoms with Gasteiger partial charge in [-0.3, -0.25) is 14.6 Å². The number of aromatic nitrogens is 3. The van der Waals surface area contributed by atoms with E-state index in [0.29, 0.717) is 11.8 Å². The molecule has 29 heavy (non-hydrogen) atoms. The third-order valence-electron chi connectivity index (χ3n) is 4.75. The molecule has 0 aliphatic carbocycles. The number of carbonyl (C=O) groups excluding carboxylic acids is 1. The minimum atomic E-state index is -0.295. The minimum Gasteiger partial charge on any atom is -0.324 e. The summed E-state index contributed by atoms with van der Waals surface area (Å²) < 4.78 is 1.24. The van der Waals surface area contributed by atoms with E-state index >= 15 is 0 Å². The zero-order valence-electron chi connectivity index (χ0n) is 16.0. The first-order valence-corrected chi connectivity index (χ1v) is 9.35. The largest absolute Gasteiger partial charge is 0.324 e. The first-order valence-electron chi connectivity index (χ1n) is 9.35. The number of nitrogens with one attached hydrogen (secondary N) is 1. The molecule has 0 unspecified atom stereocenters. The standard InChI is InChI=1S/C23H20N4O2/c1-16-7-2-5-11-20(16)25-22(28)15-27-23(29)19-10-4-3-9-18(19)21(26-27)13-17-8-6-12-24-14-17/h2-12,14H,13,15H2,1H3,(H,25,28). The molecule has 1 N–H and O–H groups in total. The Morgan fingerprint density at radius 2 is 1.76 bits per heavy atom. The van der Waals surface area contributed by atoms with Gasteiger partial charge in [0.25, 0.3) is 5.56 Å². The molecule has 0 radical (unpaired) electrons. The van der Waals surface area contributed by atoms with Crippen LogP contribution in [0, 0.1) is 6.92 Å². The van der Waals surface area contributed by atoms with Crippen LogP contribution in [0.15, 0.2) is 77.9 Å². The third kappa shape index (κ3) is 4.06. The van der Waals surface area contributed by atoms with Crippen molar-refractivity contribution in [3.63, 3.8) is 0 Å². The van der Waals surface area contributed by atoms with Gasteiger partial charge in [0.05, 0.1) is 11.1 Å². The maximum absolute atomic E-state index is 12.9. The molecular weight excluding hydrogens is 364 g/mol. The van der Waals surface area contributed by atoms with Crippen LogP contribution in [0.1, 0.15) is 16.8 Å². The maximum atomic E-state index is 12.9. The second kappa shape index (κ2) is 8.06. The lowest BCUT2D eigenvalue weighted by Crippen LogP contribution is -2.31. The molecule has 4 rings (SSSR count). The topological polar surface area (TPSA) is 76.9 Å². The lowest BCUT2D eigenvalue weighted by molar-refractivity contribution is -0.117. The number of para-hydroxylation sites is 1. The number of pyridine rings is 1. The number of anilines is 1. The van der Waals surface area contributed by atoms with Crippen molar-refractivity contribution in [1.82, 2.24) is 14.8 Å². The molecule has 6 heteroatoms. The second-order valence-electron chi connectivity index (χ2n) is 6.86. The van der Waals surface area contributed by atoms with Gasteiger partial charge in [-0.25, -0.2) is 4.68 Å². The Morgan fingerprint density at radius 3 is 2.52 bits per heavy atom. The van der Waals surface area contributed by atoms with E-state index in [2.05, 4.69) is 15.4 Å². The summed E-state index contributed by atoms with van der Waals surface area (Å²) in [5.41, 5.74) is 3.12. The fourth-order valence-electron chi connectivity index (χ4n) is 3.28. The average Bonchev–Trinajstić information content (AvgIpc) is 2.74. The smallest absolute Gasteiger partial charge is 0.275 e. The van der Waals surface area contributed by atoms with Crippen molar-refractivity contribution < 1.29 is 4.79 Å². The van der Waals surface area contributed by atoms with Gasteiger partial charge in [-0.2, -0.15) is 5.10 Å². The van der Waals surface area contributed by atoms with Crippen molar-refractivity contribution in [3.8, 4) is 0 Å². The van der Waals surface area contributed by atoms with Gasteiger partial charge in [-0.15, -0.1) is 0 Å². The van der Waals surface area contributed by atoms with Gasteiger partial charge in [-0.05, 0) is 36.2 Å². The van der Waals surface area contributed by atoms with E-state index in [1.807, 2.05) is 61.5 Å². The van der Waals surface area contributed by atoms with Crippen molar-refractivity contribution in [2.45, 2.75) is 19.9 Å². The molecule has 0 saturated heterocycles. The zero-order valence-corrected chi connectivity index (χ0v) is 16.0. The fourth-order valence-corrected chi connectivity index (χ4v) is 3.28. The van der Waals surface area contributed by atoms with Gasteiger partial charge in [0.15, 0.2) is 0 Å². The van der Waals surface area contributed by atoms with Crippen LogP contribution in [0.25, 0.3) is 10.8 Å². The summed E-state index contributed by atoms with van der Waals surface area (Å²) >= 11 is 0. The molecule has 0 saturated carbocycles. The summed E-state index contributed by atoms with van der Waals surface area (Å²) in [5.74, 6) is -0.295. The lowest BCUT2D eigenvalue weighted by Gasteiger charge is -2.12. The molecule has 0 bridgehead atoms. The van der Waals surface area contributed by atoms with E-state index < -0.39 is 0 Å². The normalized spacial score (nSPS) is 10.8. The number of amides is 1. The Labute approximate surface area is 167 Å². The van der Waals surface area contributed by atoms with Crippen LogP contribution in [-0.4, -0.2) is 20.7 Å². The highest BCUT2D eigenvalue weighted by Gasteiger charge is 2.14. The van der Waals surface area contributed by atoms with E-state index in [9.17, 15) is 9.59 Å². The summed E-state index contributed by atoms with van der Waals surface area (Å²) in [6, 6.07) is 18.7. The minimum absolute atomic E-state index is 0.155. The molecule has 2 aromatic carbocycles. The predicted octanol–water partition coefficient (Wildman–Crippen LogP) is 3.33.